The highest BCUT2D eigenvalue weighted by Gasteiger charge is 2.40. The number of amides is 2. The lowest BCUT2D eigenvalue weighted by atomic mass is 9.90. The van der Waals surface area contributed by atoms with E-state index in [2.05, 4.69) is 23.9 Å². The molecule has 1 fully saturated rings. The van der Waals surface area contributed by atoms with Gasteiger partial charge in [-0.15, -0.1) is 0 Å². The Morgan fingerprint density at radius 1 is 0.860 bits per heavy atom. The number of nitrogens with zero attached hydrogens (tertiary/aromatic N) is 3. The van der Waals surface area contributed by atoms with Crippen LogP contribution in [0.15, 0.2) is 97.2 Å². The minimum Gasteiger partial charge on any atom is -0.392 e. The Morgan fingerprint density at radius 2 is 1.58 bits per heavy atom. The molecule has 8 nitrogen and oxygen atoms in total. The third-order valence-electron chi connectivity index (χ3n) is 8.29. The molecule has 0 aliphatic carbocycles. The van der Waals surface area contributed by atoms with Crippen LogP contribution < -0.4 is 4.90 Å². The summed E-state index contributed by atoms with van der Waals surface area (Å²) in [6, 6.07) is 27.9. The van der Waals surface area contributed by atoms with Crippen LogP contribution in [-0.2, 0) is 22.5 Å². The molecule has 1 N–H and O–H groups in total. The minimum atomic E-state index is -0.719. The number of ether oxygens (including phenoxy) is 2. The van der Waals surface area contributed by atoms with Crippen molar-refractivity contribution in [1.82, 2.24) is 9.88 Å². The van der Waals surface area contributed by atoms with Crippen molar-refractivity contribution in [2.45, 2.75) is 38.4 Å². The third kappa shape index (κ3) is 6.00. The van der Waals surface area contributed by atoms with Gasteiger partial charge in [0.2, 0.25) is 0 Å². The fourth-order valence-corrected chi connectivity index (χ4v) is 5.81. The van der Waals surface area contributed by atoms with Crippen molar-refractivity contribution in [2.75, 3.05) is 25.0 Å². The number of anilines is 1. The Balaban J connectivity index is 1.26. The second-order valence-electron chi connectivity index (χ2n) is 11.2. The van der Waals surface area contributed by atoms with Crippen molar-refractivity contribution in [3.8, 4) is 0 Å². The van der Waals surface area contributed by atoms with Crippen LogP contribution in [0.1, 0.15) is 62.4 Å². The largest absolute Gasteiger partial charge is 0.392 e. The van der Waals surface area contributed by atoms with Gasteiger partial charge in [-0.3, -0.25) is 14.6 Å². The van der Waals surface area contributed by atoms with Gasteiger partial charge in [-0.25, -0.2) is 4.90 Å². The minimum absolute atomic E-state index is 0.0212. The number of likely N-dealkylation sites (N-methyl/N-ethyl adjacent to an activating group) is 1. The fourth-order valence-electron chi connectivity index (χ4n) is 5.81. The van der Waals surface area contributed by atoms with Crippen LogP contribution >= 0.6 is 0 Å². The van der Waals surface area contributed by atoms with Crippen LogP contribution in [0.25, 0.3) is 0 Å². The summed E-state index contributed by atoms with van der Waals surface area (Å²) in [7, 11) is 2.08. The van der Waals surface area contributed by atoms with E-state index < -0.39 is 6.29 Å². The SMILES string of the molecule is C[C@H]1[C@@H](CN(C)CCc2ccccn2)O[C@@H](c2cccc(N3C(=O)c4ccccc4C3=O)c2)O[C@H]1c1ccc(CO)cc1. The first-order valence-corrected chi connectivity index (χ1v) is 14.6. The number of carbonyl (C=O) groups is 2. The van der Waals surface area contributed by atoms with Crippen molar-refractivity contribution in [3.63, 3.8) is 0 Å². The number of aromatic nitrogens is 1. The van der Waals surface area contributed by atoms with Gasteiger partial charge >= 0.3 is 0 Å². The van der Waals surface area contributed by atoms with E-state index in [1.807, 2.05) is 60.8 Å². The number of rotatable bonds is 9. The predicted molar refractivity (Wildman–Crippen MR) is 162 cm³/mol. The maximum absolute atomic E-state index is 13.2. The van der Waals surface area contributed by atoms with E-state index in [1.54, 1.807) is 36.4 Å². The summed E-state index contributed by atoms with van der Waals surface area (Å²) < 4.78 is 13.2. The second-order valence-corrected chi connectivity index (χ2v) is 11.2. The van der Waals surface area contributed by atoms with Crippen LogP contribution in [0.2, 0.25) is 0 Å². The zero-order valence-corrected chi connectivity index (χ0v) is 24.3. The number of aliphatic hydroxyl groups is 1. The summed E-state index contributed by atoms with van der Waals surface area (Å²) in [5.74, 6) is -0.662. The Kier molecular flexibility index (Phi) is 8.44. The van der Waals surface area contributed by atoms with Crippen molar-refractivity contribution < 1.29 is 24.2 Å². The van der Waals surface area contributed by atoms with Gasteiger partial charge in [0.1, 0.15) is 0 Å². The molecule has 1 aromatic heterocycles. The molecule has 2 aliphatic rings. The number of carbonyl (C=O) groups excluding carboxylic acids is 2. The molecule has 2 amide bonds. The molecule has 4 atom stereocenters. The lowest BCUT2D eigenvalue weighted by molar-refractivity contribution is -0.275. The zero-order valence-electron chi connectivity index (χ0n) is 24.3. The summed E-state index contributed by atoms with van der Waals surface area (Å²) in [6.07, 6.45) is 1.48. The number of imide groups is 1. The van der Waals surface area contributed by atoms with Crippen molar-refractivity contribution in [2.24, 2.45) is 5.92 Å². The summed E-state index contributed by atoms with van der Waals surface area (Å²) in [6.45, 7) is 3.60. The molecule has 4 aromatic rings. The van der Waals surface area contributed by atoms with E-state index in [9.17, 15) is 14.7 Å². The molecule has 0 bridgehead atoms. The number of fused-ring (bicyclic) bond motifs is 1. The Morgan fingerprint density at radius 3 is 2.26 bits per heavy atom. The van der Waals surface area contributed by atoms with Gasteiger partial charge in [0.25, 0.3) is 11.8 Å². The molecule has 43 heavy (non-hydrogen) atoms. The van der Waals surface area contributed by atoms with Gasteiger partial charge in [0.05, 0.1) is 35.6 Å². The van der Waals surface area contributed by atoms with Crippen LogP contribution in [0.4, 0.5) is 5.69 Å². The van der Waals surface area contributed by atoms with Crippen LogP contribution in [0, 0.1) is 5.92 Å². The van der Waals surface area contributed by atoms with Gasteiger partial charge in [-0.05, 0) is 54.6 Å². The van der Waals surface area contributed by atoms with Crippen LogP contribution in [0.3, 0.4) is 0 Å². The molecule has 3 aromatic carbocycles. The lowest BCUT2D eigenvalue weighted by Gasteiger charge is -2.42. The summed E-state index contributed by atoms with van der Waals surface area (Å²) in [5, 5.41) is 9.55. The molecule has 0 radical (unpaired) electrons. The molecule has 1 saturated heterocycles. The van der Waals surface area contributed by atoms with Crippen molar-refractivity contribution >= 4 is 17.5 Å². The van der Waals surface area contributed by atoms with Gasteiger partial charge in [-0.1, -0.05) is 61.5 Å². The molecule has 0 saturated carbocycles. The number of benzene rings is 3. The summed E-state index contributed by atoms with van der Waals surface area (Å²) in [4.78, 5) is 34.3. The molecular formula is C35H35N3O5. The Hall–Kier alpha value is -4.21. The standard InChI is InChI=1S/C35H35N3O5/c1-23-31(21-37(2)19-17-27-9-5-6-18-36-27)42-35(43-32(23)25-15-13-24(22-39)14-16-25)26-8-7-10-28(20-26)38-33(40)29-11-3-4-12-30(29)34(38)41/h3-16,18,20,23,31-32,35,39H,17,19,21-22H2,1-2H3/t23-,31+,32+,35+/m0/s1. The Bertz CT molecular complexity index is 1560. The maximum atomic E-state index is 13.2. The second kappa shape index (κ2) is 12.6. The van der Waals surface area contributed by atoms with E-state index in [4.69, 9.17) is 9.47 Å². The normalized spacial score (nSPS) is 21.8. The average Bonchev–Trinajstić information content (AvgIpc) is 3.31. The van der Waals surface area contributed by atoms with Crippen LogP contribution in [0.5, 0.6) is 0 Å². The van der Waals surface area contributed by atoms with Crippen LogP contribution in [-0.4, -0.2) is 53.0 Å². The molecule has 0 unspecified atom stereocenters. The zero-order chi connectivity index (χ0) is 29.9. The van der Waals surface area contributed by atoms with Gasteiger partial charge in [-0.2, -0.15) is 0 Å². The molecule has 2 aliphatic heterocycles. The third-order valence-corrected chi connectivity index (χ3v) is 8.29. The maximum Gasteiger partial charge on any atom is 0.266 e. The molecule has 8 heteroatoms. The van der Waals surface area contributed by atoms with Gasteiger partial charge in [0.15, 0.2) is 6.29 Å². The molecular weight excluding hydrogens is 542 g/mol. The summed E-state index contributed by atoms with van der Waals surface area (Å²) >= 11 is 0. The fraction of sp³-hybridized carbons (Fsp3) is 0.286. The van der Waals surface area contributed by atoms with E-state index in [0.717, 1.165) is 35.3 Å². The average molecular weight is 578 g/mol. The quantitative estimate of drug-likeness (QED) is 0.269. The number of aliphatic hydroxyl groups excluding tert-OH is 1. The van der Waals surface area contributed by atoms with Gasteiger partial charge in [0, 0.05) is 42.9 Å². The molecule has 3 heterocycles. The lowest BCUT2D eigenvalue weighted by Crippen LogP contribution is -2.44. The van der Waals surface area contributed by atoms with E-state index >= 15 is 0 Å². The molecule has 220 valence electrons. The number of pyridine rings is 1. The highest BCUT2D eigenvalue weighted by Crippen LogP contribution is 2.42. The van der Waals surface area contributed by atoms with Gasteiger partial charge < -0.3 is 19.5 Å². The topological polar surface area (TPSA) is 92.2 Å². The Labute approximate surface area is 251 Å². The van der Waals surface area contributed by atoms with E-state index in [1.165, 1.54) is 4.90 Å². The van der Waals surface area contributed by atoms with E-state index in [0.29, 0.717) is 23.4 Å². The molecule has 6 rings (SSSR count). The smallest absolute Gasteiger partial charge is 0.266 e. The number of hydrogen-bond donors (Lipinski definition) is 1. The van der Waals surface area contributed by atoms with Crippen molar-refractivity contribution in [3.05, 3.63) is 131 Å². The van der Waals surface area contributed by atoms with E-state index in [-0.39, 0.29) is 36.5 Å². The molecule has 0 spiro atoms. The monoisotopic (exact) mass is 577 g/mol. The first kappa shape index (κ1) is 28.9. The first-order chi connectivity index (χ1) is 20.9. The van der Waals surface area contributed by atoms with Crippen molar-refractivity contribution in [1.29, 1.82) is 0 Å². The predicted octanol–water partition coefficient (Wildman–Crippen LogP) is 5.34. The first-order valence-electron chi connectivity index (χ1n) is 14.6. The number of hydrogen-bond acceptors (Lipinski definition) is 7. The summed E-state index contributed by atoms with van der Waals surface area (Å²) in [5.41, 5.74) is 4.87. The highest BCUT2D eigenvalue weighted by atomic mass is 16.7. The highest BCUT2D eigenvalue weighted by molar-refractivity contribution is 6.34.